The zero-order chi connectivity index (χ0) is 22.4. The number of rotatable bonds is 7. The van der Waals surface area contributed by atoms with E-state index in [1.807, 2.05) is 18.2 Å². The minimum atomic E-state index is -0.549. The molecule has 1 amide bonds. The number of nitriles is 1. The van der Waals surface area contributed by atoms with Gasteiger partial charge in [-0.25, -0.2) is 5.43 Å². The fourth-order valence-electron chi connectivity index (χ4n) is 2.96. The molecule has 2 aromatic heterocycles. The van der Waals surface area contributed by atoms with Gasteiger partial charge in [0.25, 0.3) is 11.5 Å². The number of carbonyl (C=O) groups excluding carboxylic acids is 1. The normalized spacial score (nSPS) is 10.9. The Balaban J connectivity index is 1.67. The average molecular weight is 439 g/mol. The van der Waals surface area contributed by atoms with Gasteiger partial charge in [-0.15, -0.1) is 0 Å². The van der Waals surface area contributed by atoms with Crippen LogP contribution in [0.5, 0.6) is 0 Å². The van der Waals surface area contributed by atoms with Crippen molar-refractivity contribution in [2.75, 3.05) is 7.11 Å². The summed E-state index contributed by atoms with van der Waals surface area (Å²) < 4.78 is 11.9. The molecule has 1 aromatic carbocycles. The fraction of sp³-hybridized carbons (Fsp3) is 0.182. The summed E-state index contributed by atoms with van der Waals surface area (Å²) in [5.41, 5.74) is 3.63. The molecule has 0 aliphatic heterocycles. The van der Waals surface area contributed by atoms with Gasteiger partial charge >= 0.3 is 0 Å². The molecule has 2 heterocycles. The van der Waals surface area contributed by atoms with E-state index in [0.717, 1.165) is 5.56 Å². The highest BCUT2D eigenvalue weighted by Crippen LogP contribution is 2.23. The number of nitrogens with zero attached hydrogens (tertiary/aromatic N) is 3. The van der Waals surface area contributed by atoms with E-state index in [-0.39, 0.29) is 18.7 Å². The maximum absolute atomic E-state index is 12.5. The summed E-state index contributed by atoms with van der Waals surface area (Å²) in [7, 11) is 1.48. The van der Waals surface area contributed by atoms with E-state index in [1.54, 1.807) is 37.3 Å². The van der Waals surface area contributed by atoms with Gasteiger partial charge in [-0.3, -0.25) is 9.59 Å². The van der Waals surface area contributed by atoms with Crippen LogP contribution in [0.1, 0.15) is 22.6 Å². The molecule has 3 aromatic rings. The summed E-state index contributed by atoms with van der Waals surface area (Å²) in [6.07, 6.45) is 1.36. The summed E-state index contributed by atoms with van der Waals surface area (Å²) in [5, 5.41) is 13.8. The lowest BCUT2D eigenvalue weighted by Crippen LogP contribution is -2.33. The van der Waals surface area contributed by atoms with Crippen LogP contribution in [-0.4, -0.2) is 23.8 Å². The van der Waals surface area contributed by atoms with E-state index in [2.05, 4.69) is 10.5 Å². The number of halogens is 1. The molecule has 0 aliphatic rings. The summed E-state index contributed by atoms with van der Waals surface area (Å²) in [6, 6.07) is 14.2. The number of methoxy groups -OCH3 is 1. The van der Waals surface area contributed by atoms with Crippen molar-refractivity contribution in [3.8, 4) is 17.4 Å². The Morgan fingerprint density at radius 2 is 2.06 bits per heavy atom. The van der Waals surface area contributed by atoms with Crippen LogP contribution in [0, 0.1) is 18.3 Å². The first-order valence-corrected chi connectivity index (χ1v) is 9.60. The van der Waals surface area contributed by atoms with Crippen LogP contribution in [0.3, 0.4) is 0 Å². The van der Waals surface area contributed by atoms with Gasteiger partial charge in [-0.05, 0) is 49.4 Å². The van der Waals surface area contributed by atoms with Crippen LogP contribution < -0.4 is 11.0 Å². The first-order chi connectivity index (χ1) is 14.9. The maximum atomic E-state index is 12.5. The minimum absolute atomic E-state index is 0.0472. The van der Waals surface area contributed by atoms with Gasteiger partial charge in [0.1, 0.15) is 29.7 Å². The number of carbonyl (C=O) groups is 1. The van der Waals surface area contributed by atoms with Crippen LogP contribution in [-0.2, 0) is 22.7 Å². The Bertz CT molecular complexity index is 1220. The maximum Gasteiger partial charge on any atom is 0.269 e. The van der Waals surface area contributed by atoms with Crippen LogP contribution in [0.15, 0.2) is 56.8 Å². The first kappa shape index (κ1) is 22.0. The van der Waals surface area contributed by atoms with Crippen molar-refractivity contribution >= 4 is 23.7 Å². The monoisotopic (exact) mass is 438 g/mol. The van der Waals surface area contributed by atoms with Crippen LogP contribution >= 0.6 is 11.6 Å². The number of aromatic nitrogens is 1. The lowest BCUT2D eigenvalue weighted by atomic mass is 10.1. The standard InChI is InChI=1S/C22H19ClN4O4/c1-14-9-16(13-30-2)19(10-24)22(29)27(14)12-21(28)26-25-11-18-7-8-20(31-18)15-3-5-17(23)6-4-15/h3-9,11H,12-13H2,1-2H3,(H,26,28)/b25-11-. The van der Waals surface area contributed by atoms with Crippen molar-refractivity contribution in [2.24, 2.45) is 5.10 Å². The highest BCUT2D eigenvalue weighted by Gasteiger charge is 2.14. The van der Waals surface area contributed by atoms with E-state index < -0.39 is 11.5 Å². The van der Waals surface area contributed by atoms with Crippen molar-refractivity contribution in [3.05, 3.63) is 80.4 Å². The highest BCUT2D eigenvalue weighted by atomic mass is 35.5. The lowest BCUT2D eigenvalue weighted by molar-refractivity contribution is -0.121. The molecule has 0 fully saturated rings. The topological polar surface area (TPSA) is 110 Å². The first-order valence-electron chi connectivity index (χ1n) is 9.23. The van der Waals surface area contributed by atoms with E-state index in [0.29, 0.717) is 27.8 Å². The van der Waals surface area contributed by atoms with E-state index in [1.165, 1.54) is 17.9 Å². The van der Waals surface area contributed by atoms with Gasteiger partial charge in [0.15, 0.2) is 0 Å². The highest BCUT2D eigenvalue weighted by molar-refractivity contribution is 6.30. The molecule has 0 bridgehead atoms. The SMILES string of the molecule is COCc1cc(C)n(CC(=O)N/N=C\c2ccc(-c3ccc(Cl)cc3)o2)c(=O)c1C#N. The van der Waals surface area contributed by atoms with Crippen molar-refractivity contribution in [2.45, 2.75) is 20.1 Å². The second-order valence-corrected chi connectivity index (χ2v) is 7.06. The largest absolute Gasteiger partial charge is 0.455 e. The van der Waals surface area contributed by atoms with Crippen LogP contribution in [0.2, 0.25) is 5.02 Å². The van der Waals surface area contributed by atoms with Crippen molar-refractivity contribution in [1.82, 2.24) is 9.99 Å². The molecule has 0 atom stereocenters. The van der Waals surface area contributed by atoms with E-state index in [4.69, 9.17) is 20.8 Å². The smallest absolute Gasteiger partial charge is 0.269 e. The quantitative estimate of drug-likeness (QED) is 0.449. The molecular formula is C22H19ClN4O4. The number of ether oxygens (including phenoxy) is 1. The zero-order valence-electron chi connectivity index (χ0n) is 16.9. The number of aryl methyl sites for hydroxylation is 1. The zero-order valence-corrected chi connectivity index (χ0v) is 17.6. The van der Waals surface area contributed by atoms with Crippen LogP contribution in [0.25, 0.3) is 11.3 Å². The van der Waals surface area contributed by atoms with Gasteiger partial charge in [0.2, 0.25) is 0 Å². The average Bonchev–Trinajstić information content (AvgIpc) is 3.21. The third-order valence-electron chi connectivity index (χ3n) is 4.44. The Morgan fingerprint density at radius 1 is 1.32 bits per heavy atom. The Hall–Kier alpha value is -3.67. The minimum Gasteiger partial charge on any atom is -0.455 e. The predicted octanol–water partition coefficient (Wildman–Crippen LogP) is 3.24. The van der Waals surface area contributed by atoms with Gasteiger partial charge in [-0.1, -0.05) is 11.6 Å². The number of amides is 1. The van der Waals surface area contributed by atoms with Gasteiger partial charge < -0.3 is 13.7 Å². The number of hydrazone groups is 1. The molecule has 0 spiro atoms. The van der Waals surface area contributed by atoms with Crippen LogP contribution in [0.4, 0.5) is 0 Å². The van der Waals surface area contributed by atoms with Crippen molar-refractivity contribution < 1.29 is 13.9 Å². The summed E-state index contributed by atoms with van der Waals surface area (Å²) >= 11 is 5.88. The second-order valence-electron chi connectivity index (χ2n) is 6.62. The Morgan fingerprint density at radius 3 is 2.74 bits per heavy atom. The predicted molar refractivity (Wildman–Crippen MR) is 116 cm³/mol. The number of hydrogen-bond donors (Lipinski definition) is 1. The number of nitrogens with one attached hydrogen (secondary N) is 1. The Labute approximate surface area is 183 Å². The molecule has 3 rings (SSSR count). The molecule has 158 valence electrons. The molecule has 31 heavy (non-hydrogen) atoms. The van der Waals surface area contributed by atoms with Gasteiger partial charge in [0.05, 0.1) is 12.8 Å². The molecule has 0 saturated heterocycles. The van der Waals surface area contributed by atoms with E-state index in [9.17, 15) is 14.9 Å². The third kappa shape index (κ3) is 5.28. The summed E-state index contributed by atoms with van der Waals surface area (Å²) in [5.74, 6) is 0.551. The molecule has 1 N–H and O–H groups in total. The fourth-order valence-corrected chi connectivity index (χ4v) is 3.08. The number of pyridine rings is 1. The molecule has 0 unspecified atom stereocenters. The Kier molecular flexibility index (Phi) is 7.03. The number of hydrogen-bond acceptors (Lipinski definition) is 6. The van der Waals surface area contributed by atoms with Gasteiger partial charge in [0, 0.05) is 29.0 Å². The molecule has 9 heteroatoms. The molecule has 8 nitrogen and oxygen atoms in total. The van der Waals surface area contributed by atoms with Crippen molar-refractivity contribution in [1.29, 1.82) is 5.26 Å². The van der Waals surface area contributed by atoms with Gasteiger partial charge in [-0.2, -0.15) is 10.4 Å². The second kappa shape index (κ2) is 9.89. The summed E-state index contributed by atoms with van der Waals surface area (Å²) in [6.45, 7) is 1.54. The molecule has 0 aliphatic carbocycles. The van der Waals surface area contributed by atoms with E-state index >= 15 is 0 Å². The molecular weight excluding hydrogens is 420 g/mol. The lowest BCUT2D eigenvalue weighted by Gasteiger charge is -2.12. The molecule has 0 radical (unpaired) electrons. The molecule has 0 saturated carbocycles. The summed E-state index contributed by atoms with van der Waals surface area (Å²) in [4.78, 5) is 24.8. The van der Waals surface area contributed by atoms with Crippen molar-refractivity contribution in [3.63, 3.8) is 0 Å². The third-order valence-corrected chi connectivity index (χ3v) is 4.69. The number of furan rings is 1. The number of benzene rings is 1.